The molecule has 3 aromatic rings. The Labute approximate surface area is 189 Å². The number of aromatic nitrogens is 2. The van der Waals surface area contributed by atoms with Gasteiger partial charge >= 0.3 is 0 Å². The van der Waals surface area contributed by atoms with E-state index < -0.39 is 0 Å². The van der Waals surface area contributed by atoms with Crippen LogP contribution in [0, 0.1) is 0 Å². The van der Waals surface area contributed by atoms with Crippen molar-refractivity contribution in [3.8, 4) is 11.4 Å². The number of ether oxygens (including phenoxy) is 1. The van der Waals surface area contributed by atoms with Crippen molar-refractivity contribution < 1.29 is 9.53 Å². The highest BCUT2D eigenvalue weighted by atomic mass is 16.5. The lowest BCUT2D eigenvalue weighted by Crippen LogP contribution is -2.37. The molecule has 32 heavy (non-hydrogen) atoms. The zero-order valence-electron chi connectivity index (χ0n) is 19.5. The van der Waals surface area contributed by atoms with Crippen LogP contribution in [-0.2, 0) is 4.79 Å². The molecule has 0 aliphatic carbocycles. The molecule has 0 aliphatic rings. The molecule has 1 atom stereocenters. The number of unbranched alkanes of at least 4 members (excludes halogenated alkanes) is 1. The third-order valence-corrected chi connectivity index (χ3v) is 5.58. The molecule has 0 radical (unpaired) electrons. The monoisotopic (exact) mass is 435 g/mol. The molecule has 0 bridgehead atoms. The summed E-state index contributed by atoms with van der Waals surface area (Å²) in [4.78, 5) is 33.3. The maximum atomic E-state index is 13.6. The number of nitrogens with zero attached hydrogens (tertiary/aromatic N) is 3. The molecule has 0 fully saturated rings. The van der Waals surface area contributed by atoms with Crippen LogP contribution < -0.4 is 10.3 Å². The summed E-state index contributed by atoms with van der Waals surface area (Å²) in [5, 5.41) is 0.552. The van der Waals surface area contributed by atoms with Crippen molar-refractivity contribution in [2.75, 3.05) is 13.2 Å². The van der Waals surface area contributed by atoms with Crippen molar-refractivity contribution in [2.45, 2.75) is 59.4 Å². The summed E-state index contributed by atoms with van der Waals surface area (Å²) in [5.41, 5.74) is 1.20. The second-order valence-electron chi connectivity index (χ2n) is 7.92. The average molecular weight is 436 g/mol. The summed E-state index contributed by atoms with van der Waals surface area (Å²) in [5.74, 6) is 1.41. The zero-order valence-corrected chi connectivity index (χ0v) is 19.5. The Bertz CT molecular complexity index is 1110. The van der Waals surface area contributed by atoms with Crippen LogP contribution in [0.15, 0.2) is 53.3 Å². The number of benzene rings is 2. The third kappa shape index (κ3) is 5.01. The van der Waals surface area contributed by atoms with E-state index in [1.807, 2.05) is 61.2 Å². The molecule has 170 valence electrons. The smallest absolute Gasteiger partial charge is 0.266 e. The molecule has 1 amide bonds. The Morgan fingerprint density at radius 3 is 2.44 bits per heavy atom. The molecule has 0 aliphatic heterocycles. The second-order valence-corrected chi connectivity index (χ2v) is 7.92. The molecular weight excluding hydrogens is 402 g/mol. The number of amides is 1. The molecule has 0 saturated heterocycles. The molecule has 0 spiro atoms. The first kappa shape index (κ1) is 23.5. The number of hydrogen-bond acceptors (Lipinski definition) is 4. The summed E-state index contributed by atoms with van der Waals surface area (Å²) < 4.78 is 7.20. The van der Waals surface area contributed by atoms with Crippen LogP contribution >= 0.6 is 0 Å². The third-order valence-electron chi connectivity index (χ3n) is 5.58. The summed E-state index contributed by atoms with van der Waals surface area (Å²) in [6.45, 7) is 9.22. The van der Waals surface area contributed by atoms with Crippen LogP contribution in [0.1, 0.15) is 65.2 Å². The van der Waals surface area contributed by atoms with Gasteiger partial charge in [0.05, 0.1) is 29.2 Å². The molecule has 1 unspecified atom stereocenters. The first-order valence-corrected chi connectivity index (χ1v) is 11.6. The molecule has 0 N–H and O–H groups in total. The highest BCUT2D eigenvalue weighted by Gasteiger charge is 2.26. The van der Waals surface area contributed by atoms with Crippen LogP contribution in [0.5, 0.6) is 5.75 Å². The van der Waals surface area contributed by atoms with Crippen LogP contribution in [0.4, 0.5) is 0 Å². The Morgan fingerprint density at radius 1 is 1.06 bits per heavy atom. The van der Waals surface area contributed by atoms with E-state index >= 15 is 0 Å². The predicted molar refractivity (Wildman–Crippen MR) is 128 cm³/mol. The summed E-state index contributed by atoms with van der Waals surface area (Å²) in [7, 11) is 0. The first-order chi connectivity index (χ1) is 15.5. The van der Waals surface area contributed by atoms with Gasteiger partial charge < -0.3 is 9.64 Å². The maximum absolute atomic E-state index is 13.6. The molecule has 1 heterocycles. The summed E-state index contributed by atoms with van der Waals surface area (Å²) in [6, 6.07) is 14.4. The van der Waals surface area contributed by atoms with Crippen LogP contribution in [0.25, 0.3) is 16.6 Å². The van der Waals surface area contributed by atoms with Gasteiger partial charge in [0, 0.05) is 13.0 Å². The molecule has 6 nitrogen and oxygen atoms in total. The van der Waals surface area contributed by atoms with Gasteiger partial charge in [-0.15, -0.1) is 0 Å². The van der Waals surface area contributed by atoms with E-state index in [0.29, 0.717) is 42.0 Å². The fourth-order valence-corrected chi connectivity index (χ4v) is 3.92. The Kier molecular flexibility index (Phi) is 8.03. The van der Waals surface area contributed by atoms with Crippen LogP contribution in [0.2, 0.25) is 0 Å². The Hall–Kier alpha value is -3.15. The minimum Gasteiger partial charge on any atom is -0.494 e. The Morgan fingerprint density at radius 2 is 1.78 bits per heavy atom. The van der Waals surface area contributed by atoms with E-state index in [0.717, 1.165) is 25.0 Å². The van der Waals surface area contributed by atoms with Gasteiger partial charge in [-0.1, -0.05) is 32.4 Å². The fraction of sp³-hybridized carbons (Fsp3) is 0.423. The van der Waals surface area contributed by atoms with Crippen LogP contribution in [-0.4, -0.2) is 33.5 Å². The Balaban J connectivity index is 2.16. The number of fused-ring (bicyclic) bond motifs is 1. The summed E-state index contributed by atoms with van der Waals surface area (Å²) >= 11 is 0. The first-order valence-electron chi connectivity index (χ1n) is 11.6. The molecule has 0 saturated carbocycles. The van der Waals surface area contributed by atoms with E-state index in [1.165, 1.54) is 0 Å². The van der Waals surface area contributed by atoms with Gasteiger partial charge in [0.1, 0.15) is 11.6 Å². The molecule has 1 aromatic heterocycles. The van der Waals surface area contributed by atoms with Gasteiger partial charge in [-0.2, -0.15) is 0 Å². The standard InChI is InChI=1S/C26H33N3O3/c1-5-8-13-24(30)28(18-6-2)19(4)25-27-23-12-10-9-11-22(23)26(31)29(25)20-14-16-21(17-15-20)32-7-3/h9-12,14-17,19H,5-8,13,18H2,1-4H3. The van der Waals surface area contributed by atoms with Crippen LogP contribution in [0.3, 0.4) is 0 Å². The highest BCUT2D eigenvalue weighted by molar-refractivity contribution is 5.79. The van der Waals surface area contributed by atoms with Gasteiger partial charge in [0.25, 0.3) is 5.56 Å². The average Bonchev–Trinajstić information content (AvgIpc) is 2.81. The van der Waals surface area contributed by atoms with Crippen molar-refractivity contribution in [2.24, 2.45) is 0 Å². The number of carbonyl (C=O) groups excluding carboxylic acids is 1. The highest BCUT2D eigenvalue weighted by Crippen LogP contribution is 2.25. The topological polar surface area (TPSA) is 64.4 Å². The van der Waals surface area contributed by atoms with E-state index in [1.54, 1.807) is 10.6 Å². The number of para-hydroxylation sites is 1. The van der Waals surface area contributed by atoms with Gasteiger partial charge in [-0.25, -0.2) is 4.98 Å². The minimum atomic E-state index is -0.344. The lowest BCUT2D eigenvalue weighted by atomic mass is 10.1. The van der Waals surface area contributed by atoms with Crippen molar-refractivity contribution in [1.82, 2.24) is 14.5 Å². The van der Waals surface area contributed by atoms with Gasteiger partial charge in [0.2, 0.25) is 5.91 Å². The van der Waals surface area contributed by atoms with Crippen molar-refractivity contribution in [3.63, 3.8) is 0 Å². The molecular formula is C26H33N3O3. The predicted octanol–water partition coefficient (Wildman–Crippen LogP) is 5.27. The number of rotatable bonds is 10. The zero-order chi connectivity index (χ0) is 23.1. The van der Waals surface area contributed by atoms with Crippen molar-refractivity contribution in [3.05, 3.63) is 64.7 Å². The summed E-state index contributed by atoms with van der Waals surface area (Å²) in [6.07, 6.45) is 3.15. The SMILES string of the molecule is CCCCC(=O)N(CCC)C(C)c1nc2ccccc2c(=O)n1-c1ccc(OCC)cc1. The van der Waals surface area contributed by atoms with Gasteiger partial charge in [0.15, 0.2) is 0 Å². The van der Waals surface area contributed by atoms with E-state index in [9.17, 15) is 9.59 Å². The van der Waals surface area contributed by atoms with Crippen molar-refractivity contribution >= 4 is 16.8 Å². The number of carbonyl (C=O) groups is 1. The quantitative estimate of drug-likeness (QED) is 0.435. The number of hydrogen-bond donors (Lipinski definition) is 0. The molecule has 2 aromatic carbocycles. The van der Waals surface area contributed by atoms with Gasteiger partial charge in [-0.3, -0.25) is 14.2 Å². The maximum Gasteiger partial charge on any atom is 0.266 e. The van der Waals surface area contributed by atoms with E-state index in [2.05, 4.69) is 13.8 Å². The minimum absolute atomic E-state index is 0.0989. The molecule has 6 heteroatoms. The van der Waals surface area contributed by atoms with Gasteiger partial charge in [-0.05, 0) is 63.1 Å². The lowest BCUT2D eigenvalue weighted by Gasteiger charge is -2.30. The van der Waals surface area contributed by atoms with E-state index in [-0.39, 0.29) is 17.5 Å². The molecule has 3 rings (SSSR count). The fourth-order valence-electron chi connectivity index (χ4n) is 3.92. The van der Waals surface area contributed by atoms with Crippen molar-refractivity contribution in [1.29, 1.82) is 0 Å². The van der Waals surface area contributed by atoms with E-state index in [4.69, 9.17) is 9.72 Å². The normalized spacial score (nSPS) is 12.0. The second kappa shape index (κ2) is 10.9. The lowest BCUT2D eigenvalue weighted by molar-refractivity contribution is -0.133. The largest absolute Gasteiger partial charge is 0.494 e.